The third-order valence-electron chi connectivity index (χ3n) is 4.67. The smallest absolute Gasteiger partial charge is 0.114 e. The highest BCUT2D eigenvalue weighted by Gasteiger charge is 2.39. The van der Waals surface area contributed by atoms with Crippen molar-refractivity contribution in [3.8, 4) is 0 Å². The van der Waals surface area contributed by atoms with Crippen molar-refractivity contribution in [1.29, 1.82) is 0 Å². The van der Waals surface area contributed by atoms with E-state index >= 15 is 0 Å². The van der Waals surface area contributed by atoms with Gasteiger partial charge in [-0.25, -0.2) is 4.98 Å². The van der Waals surface area contributed by atoms with E-state index in [1.807, 2.05) is 7.05 Å². The minimum absolute atomic E-state index is 0.172. The van der Waals surface area contributed by atoms with Gasteiger partial charge in [-0.2, -0.15) is 0 Å². The molecule has 1 fully saturated rings. The Kier molecular flexibility index (Phi) is 6.28. The van der Waals surface area contributed by atoms with Gasteiger partial charge in [-0.3, -0.25) is 5.32 Å². The van der Waals surface area contributed by atoms with Crippen LogP contribution in [0.25, 0.3) is 5.57 Å². The highest BCUT2D eigenvalue weighted by Crippen LogP contribution is 2.36. The van der Waals surface area contributed by atoms with Crippen molar-refractivity contribution in [3.05, 3.63) is 29.6 Å². The number of unbranched alkanes of at least 4 members (excludes halogenated alkanes) is 2. The summed E-state index contributed by atoms with van der Waals surface area (Å²) in [5.41, 5.74) is 3.93. The van der Waals surface area contributed by atoms with Crippen LogP contribution in [0.1, 0.15) is 84.7 Å². The summed E-state index contributed by atoms with van der Waals surface area (Å²) >= 11 is 0. The Labute approximate surface area is 153 Å². The number of allylic oxidation sites excluding steroid dienone is 2. The van der Waals surface area contributed by atoms with Gasteiger partial charge in [0.05, 0.1) is 28.7 Å². The molecule has 25 heavy (non-hydrogen) atoms. The molecule has 0 radical (unpaired) electrons. The molecule has 1 aliphatic rings. The third-order valence-corrected chi connectivity index (χ3v) is 4.67. The molecule has 4 heteroatoms. The lowest BCUT2D eigenvalue weighted by Gasteiger charge is -2.46. The lowest BCUT2D eigenvalue weighted by atomic mass is 9.92. The lowest BCUT2D eigenvalue weighted by Crippen LogP contribution is -2.55. The van der Waals surface area contributed by atoms with E-state index in [1.54, 1.807) is 0 Å². The quantitative estimate of drug-likeness (QED) is 0.688. The third kappa shape index (κ3) is 5.29. The first-order valence-electron chi connectivity index (χ1n) is 9.51. The fourth-order valence-electron chi connectivity index (χ4n) is 3.69. The van der Waals surface area contributed by atoms with Gasteiger partial charge >= 0.3 is 0 Å². The topological polar surface area (TPSA) is 46.2 Å². The standard InChI is InChI=1S/C21H35N3O/c1-8-9-10-11-15(2)19-17(22-7)13-12-16(23-19)18-14-20(3,4)25-21(5,6)24-18/h11-13,18,22,24H,8-10,14H2,1-7H3/b15-11+. The molecule has 1 aromatic heterocycles. The van der Waals surface area contributed by atoms with Crippen molar-refractivity contribution < 1.29 is 4.74 Å². The van der Waals surface area contributed by atoms with Gasteiger partial charge in [0.2, 0.25) is 0 Å². The van der Waals surface area contributed by atoms with E-state index in [1.165, 1.54) is 18.4 Å². The minimum Gasteiger partial charge on any atom is -0.386 e. The maximum Gasteiger partial charge on any atom is 0.114 e. The number of aromatic nitrogens is 1. The number of ether oxygens (including phenoxy) is 1. The normalized spacial score (nSPS) is 22.7. The fraction of sp³-hybridized carbons (Fsp3) is 0.667. The van der Waals surface area contributed by atoms with E-state index in [0.29, 0.717) is 0 Å². The predicted molar refractivity (Wildman–Crippen MR) is 107 cm³/mol. The SMILES string of the molecule is CCCC/C=C(\C)c1nc(C2CC(C)(C)OC(C)(C)N2)ccc1NC. The lowest BCUT2D eigenvalue weighted by molar-refractivity contribution is -0.181. The number of rotatable bonds is 6. The molecule has 1 unspecified atom stereocenters. The zero-order valence-electron chi connectivity index (χ0n) is 17.0. The summed E-state index contributed by atoms with van der Waals surface area (Å²) < 4.78 is 6.14. The summed E-state index contributed by atoms with van der Waals surface area (Å²) in [4.78, 5) is 5.03. The van der Waals surface area contributed by atoms with Crippen LogP contribution in [0.4, 0.5) is 5.69 Å². The number of nitrogens with one attached hydrogen (secondary N) is 2. The minimum atomic E-state index is -0.359. The molecule has 0 spiro atoms. The molecule has 4 nitrogen and oxygen atoms in total. The van der Waals surface area contributed by atoms with Gasteiger partial charge in [-0.05, 0) is 65.2 Å². The Morgan fingerprint density at radius 1 is 1.36 bits per heavy atom. The molecule has 1 atom stereocenters. The Morgan fingerprint density at radius 2 is 2.08 bits per heavy atom. The van der Waals surface area contributed by atoms with Crippen molar-refractivity contribution in [2.75, 3.05) is 12.4 Å². The van der Waals surface area contributed by atoms with Crippen LogP contribution in [0.3, 0.4) is 0 Å². The molecule has 0 aromatic carbocycles. The van der Waals surface area contributed by atoms with Gasteiger partial charge < -0.3 is 10.1 Å². The second-order valence-electron chi connectivity index (χ2n) is 8.18. The molecule has 2 heterocycles. The Bertz CT molecular complexity index is 604. The molecule has 1 aromatic rings. The first-order valence-corrected chi connectivity index (χ1v) is 9.51. The molecule has 2 N–H and O–H groups in total. The van der Waals surface area contributed by atoms with E-state index < -0.39 is 0 Å². The molecule has 140 valence electrons. The highest BCUT2D eigenvalue weighted by molar-refractivity contribution is 5.72. The summed E-state index contributed by atoms with van der Waals surface area (Å²) in [6.07, 6.45) is 6.75. The van der Waals surface area contributed by atoms with Crippen LogP contribution in [0.2, 0.25) is 0 Å². The Morgan fingerprint density at radius 3 is 2.68 bits per heavy atom. The van der Waals surface area contributed by atoms with Crippen molar-refractivity contribution >= 4 is 11.3 Å². The molecule has 0 bridgehead atoms. The van der Waals surface area contributed by atoms with Gasteiger partial charge in [0.25, 0.3) is 0 Å². The average molecular weight is 346 g/mol. The zero-order valence-corrected chi connectivity index (χ0v) is 17.0. The van der Waals surface area contributed by atoms with Crippen molar-refractivity contribution in [2.24, 2.45) is 0 Å². The van der Waals surface area contributed by atoms with Crippen LogP contribution >= 0.6 is 0 Å². The maximum absolute atomic E-state index is 6.14. The van der Waals surface area contributed by atoms with Gasteiger partial charge in [-0.1, -0.05) is 25.8 Å². The van der Waals surface area contributed by atoms with E-state index in [-0.39, 0.29) is 17.4 Å². The van der Waals surface area contributed by atoms with Crippen LogP contribution in [0.5, 0.6) is 0 Å². The zero-order chi connectivity index (χ0) is 18.7. The Hall–Kier alpha value is -1.39. The fourth-order valence-corrected chi connectivity index (χ4v) is 3.69. The van der Waals surface area contributed by atoms with Crippen LogP contribution < -0.4 is 10.6 Å². The van der Waals surface area contributed by atoms with Gasteiger partial charge in [0, 0.05) is 7.05 Å². The molecule has 2 rings (SSSR count). The van der Waals surface area contributed by atoms with Crippen molar-refractivity contribution in [3.63, 3.8) is 0 Å². The second kappa shape index (κ2) is 7.88. The van der Waals surface area contributed by atoms with Gasteiger partial charge in [-0.15, -0.1) is 0 Å². The number of hydrogen-bond donors (Lipinski definition) is 2. The van der Waals surface area contributed by atoms with Crippen LogP contribution in [0.15, 0.2) is 18.2 Å². The van der Waals surface area contributed by atoms with Gasteiger partial charge in [0.15, 0.2) is 0 Å². The summed E-state index contributed by atoms with van der Waals surface area (Å²) in [5, 5.41) is 6.88. The largest absolute Gasteiger partial charge is 0.386 e. The predicted octanol–water partition coefficient (Wildman–Crippen LogP) is 5.28. The molecule has 0 saturated carbocycles. The van der Waals surface area contributed by atoms with E-state index in [9.17, 15) is 0 Å². The second-order valence-corrected chi connectivity index (χ2v) is 8.18. The number of pyridine rings is 1. The summed E-state index contributed by atoms with van der Waals surface area (Å²) in [5.74, 6) is 0. The Balaban J connectivity index is 2.33. The van der Waals surface area contributed by atoms with E-state index in [4.69, 9.17) is 9.72 Å². The molecule has 0 amide bonds. The number of nitrogens with zero attached hydrogens (tertiary/aromatic N) is 1. The molecule has 0 aliphatic carbocycles. The first-order chi connectivity index (χ1) is 11.7. The molecular weight excluding hydrogens is 310 g/mol. The molecular formula is C21H35N3O. The maximum atomic E-state index is 6.14. The highest BCUT2D eigenvalue weighted by atomic mass is 16.5. The van der Waals surface area contributed by atoms with Crippen LogP contribution in [-0.4, -0.2) is 23.4 Å². The van der Waals surface area contributed by atoms with Crippen molar-refractivity contribution in [2.45, 2.75) is 84.6 Å². The summed E-state index contributed by atoms with van der Waals surface area (Å²) in [7, 11) is 1.96. The number of hydrogen-bond acceptors (Lipinski definition) is 4. The molecule has 1 saturated heterocycles. The van der Waals surface area contributed by atoms with E-state index in [2.05, 4.69) is 70.4 Å². The van der Waals surface area contributed by atoms with E-state index in [0.717, 1.165) is 29.9 Å². The van der Waals surface area contributed by atoms with Gasteiger partial charge in [0.1, 0.15) is 5.72 Å². The van der Waals surface area contributed by atoms with Crippen LogP contribution in [-0.2, 0) is 4.74 Å². The van der Waals surface area contributed by atoms with Crippen molar-refractivity contribution in [1.82, 2.24) is 10.3 Å². The molecule has 1 aliphatic heterocycles. The summed E-state index contributed by atoms with van der Waals surface area (Å²) in [6, 6.07) is 4.46. The van der Waals surface area contributed by atoms with Crippen LogP contribution in [0, 0.1) is 0 Å². The summed E-state index contributed by atoms with van der Waals surface area (Å²) in [6.45, 7) is 12.9. The number of anilines is 1. The average Bonchev–Trinajstić information content (AvgIpc) is 2.51. The first kappa shape index (κ1) is 19.9. The monoisotopic (exact) mass is 345 g/mol.